The molecule has 0 radical (unpaired) electrons. The number of hydrogen-bond acceptors (Lipinski definition) is 5. The van der Waals surface area contributed by atoms with Gasteiger partial charge in [-0.05, 0) is 32.8 Å². The Hall–Kier alpha value is -2.28. The highest BCUT2D eigenvalue weighted by atomic mass is 16.5. The number of carbonyl (C=O) groups is 1. The molecule has 0 bridgehead atoms. The summed E-state index contributed by atoms with van der Waals surface area (Å²) in [5.74, 6) is 0.00348. The third-order valence-electron chi connectivity index (χ3n) is 4.28. The van der Waals surface area contributed by atoms with Gasteiger partial charge in [0.15, 0.2) is 0 Å². The summed E-state index contributed by atoms with van der Waals surface area (Å²) in [5.41, 5.74) is 2.57. The zero-order valence-corrected chi connectivity index (χ0v) is 14.3. The molecule has 128 valence electrons. The van der Waals surface area contributed by atoms with Crippen LogP contribution in [0.1, 0.15) is 44.5 Å². The molecule has 3 heterocycles. The van der Waals surface area contributed by atoms with Gasteiger partial charge in [-0.1, -0.05) is 0 Å². The lowest BCUT2D eigenvalue weighted by atomic mass is 10.1. The number of aromatic nitrogens is 4. The number of amides is 1. The predicted molar refractivity (Wildman–Crippen MR) is 89.2 cm³/mol. The first kappa shape index (κ1) is 16.6. The van der Waals surface area contributed by atoms with E-state index in [1.54, 1.807) is 18.6 Å². The second-order valence-electron chi connectivity index (χ2n) is 6.26. The Morgan fingerprint density at radius 1 is 1.38 bits per heavy atom. The van der Waals surface area contributed by atoms with E-state index in [0.29, 0.717) is 0 Å². The third-order valence-corrected chi connectivity index (χ3v) is 4.28. The van der Waals surface area contributed by atoms with E-state index < -0.39 is 0 Å². The SMILES string of the molecule is COCC(=O)N1CCC[C@H]1c1cnc(-c2ccnn2C(C)C)cn1. The maximum atomic E-state index is 12.1. The summed E-state index contributed by atoms with van der Waals surface area (Å²) < 4.78 is 6.89. The van der Waals surface area contributed by atoms with Gasteiger partial charge in [-0.25, -0.2) is 0 Å². The Morgan fingerprint density at radius 3 is 2.88 bits per heavy atom. The molecule has 0 saturated carbocycles. The fourth-order valence-corrected chi connectivity index (χ4v) is 3.15. The van der Waals surface area contributed by atoms with Crippen LogP contribution in [0.15, 0.2) is 24.7 Å². The number of hydrogen-bond donors (Lipinski definition) is 0. The van der Waals surface area contributed by atoms with E-state index in [1.165, 1.54) is 7.11 Å². The fraction of sp³-hybridized carbons (Fsp3) is 0.529. The van der Waals surface area contributed by atoms with Crippen molar-refractivity contribution in [2.45, 2.75) is 38.8 Å². The minimum absolute atomic E-state index is 0.00348. The quantitative estimate of drug-likeness (QED) is 0.841. The van der Waals surface area contributed by atoms with E-state index >= 15 is 0 Å². The zero-order chi connectivity index (χ0) is 17.1. The lowest BCUT2D eigenvalue weighted by Gasteiger charge is -2.23. The van der Waals surface area contributed by atoms with Crippen LogP contribution in [0.2, 0.25) is 0 Å². The summed E-state index contributed by atoms with van der Waals surface area (Å²) in [6, 6.07) is 2.19. The largest absolute Gasteiger partial charge is 0.375 e. The number of likely N-dealkylation sites (tertiary alicyclic amines) is 1. The van der Waals surface area contributed by atoms with Crippen LogP contribution in [-0.4, -0.2) is 50.8 Å². The molecule has 0 aliphatic carbocycles. The highest BCUT2D eigenvalue weighted by Gasteiger charge is 2.31. The summed E-state index contributed by atoms with van der Waals surface area (Å²) in [7, 11) is 1.54. The molecule has 2 aromatic heterocycles. The molecule has 7 heteroatoms. The maximum Gasteiger partial charge on any atom is 0.249 e. The van der Waals surface area contributed by atoms with Gasteiger partial charge in [0.1, 0.15) is 12.3 Å². The van der Waals surface area contributed by atoms with Crippen LogP contribution in [0.5, 0.6) is 0 Å². The molecule has 1 aliphatic rings. The molecule has 0 aromatic carbocycles. The summed E-state index contributed by atoms with van der Waals surface area (Å²) >= 11 is 0. The standard InChI is InChI=1S/C17H23N5O2/c1-12(2)22-16(6-7-20-22)14-10-18-13(9-19-14)15-5-4-8-21(15)17(23)11-24-3/h6-7,9-10,12,15H,4-5,8,11H2,1-3H3/t15-/m0/s1. The van der Waals surface area contributed by atoms with Crippen molar-refractivity contribution in [2.75, 3.05) is 20.3 Å². The van der Waals surface area contributed by atoms with Crippen LogP contribution in [0.25, 0.3) is 11.4 Å². The van der Waals surface area contributed by atoms with E-state index in [0.717, 1.165) is 36.5 Å². The van der Waals surface area contributed by atoms with Gasteiger partial charge in [0.2, 0.25) is 5.91 Å². The molecule has 1 aliphatic heterocycles. The first-order valence-corrected chi connectivity index (χ1v) is 8.26. The molecule has 2 aromatic rings. The monoisotopic (exact) mass is 329 g/mol. The molecule has 1 atom stereocenters. The van der Waals surface area contributed by atoms with Crippen molar-refractivity contribution in [3.8, 4) is 11.4 Å². The molecular formula is C17H23N5O2. The van der Waals surface area contributed by atoms with Crippen molar-refractivity contribution in [2.24, 2.45) is 0 Å². The van der Waals surface area contributed by atoms with Crippen molar-refractivity contribution >= 4 is 5.91 Å². The van der Waals surface area contributed by atoms with Gasteiger partial charge in [-0.3, -0.25) is 19.4 Å². The van der Waals surface area contributed by atoms with Crippen LogP contribution >= 0.6 is 0 Å². The molecule has 1 fully saturated rings. The lowest BCUT2D eigenvalue weighted by molar-refractivity contribution is -0.136. The minimum atomic E-state index is -0.00999. The number of rotatable bonds is 5. The summed E-state index contributed by atoms with van der Waals surface area (Å²) in [4.78, 5) is 23.1. The molecular weight excluding hydrogens is 306 g/mol. The molecule has 0 spiro atoms. The van der Waals surface area contributed by atoms with Crippen LogP contribution in [0, 0.1) is 0 Å². The number of methoxy groups -OCH3 is 1. The molecule has 3 rings (SSSR count). The molecule has 1 amide bonds. The maximum absolute atomic E-state index is 12.1. The van der Waals surface area contributed by atoms with E-state index in [1.807, 2.05) is 15.6 Å². The van der Waals surface area contributed by atoms with E-state index in [9.17, 15) is 4.79 Å². The van der Waals surface area contributed by atoms with Gasteiger partial charge in [0, 0.05) is 25.9 Å². The van der Waals surface area contributed by atoms with Crippen molar-refractivity contribution in [1.82, 2.24) is 24.6 Å². The summed E-state index contributed by atoms with van der Waals surface area (Å²) in [6.07, 6.45) is 7.20. The summed E-state index contributed by atoms with van der Waals surface area (Å²) in [5, 5.41) is 4.33. The van der Waals surface area contributed by atoms with Crippen LogP contribution < -0.4 is 0 Å². The highest BCUT2D eigenvalue weighted by Crippen LogP contribution is 2.31. The van der Waals surface area contributed by atoms with Gasteiger partial charge >= 0.3 is 0 Å². The summed E-state index contributed by atoms with van der Waals surface area (Å²) in [6.45, 7) is 5.01. The molecule has 7 nitrogen and oxygen atoms in total. The number of ether oxygens (including phenoxy) is 1. The van der Waals surface area contributed by atoms with Gasteiger partial charge in [-0.2, -0.15) is 5.10 Å². The van der Waals surface area contributed by atoms with Gasteiger partial charge < -0.3 is 9.64 Å². The van der Waals surface area contributed by atoms with Crippen LogP contribution in [0.3, 0.4) is 0 Å². The molecule has 1 saturated heterocycles. The van der Waals surface area contributed by atoms with Gasteiger partial charge in [-0.15, -0.1) is 0 Å². The minimum Gasteiger partial charge on any atom is -0.375 e. The van der Waals surface area contributed by atoms with Crippen molar-refractivity contribution in [3.63, 3.8) is 0 Å². The van der Waals surface area contributed by atoms with E-state index in [2.05, 4.69) is 28.9 Å². The van der Waals surface area contributed by atoms with E-state index in [-0.39, 0.29) is 24.6 Å². The lowest BCUT2D eigenvalue weighted by Crippen LogP contribution is -2.33. The van der Waals surface area contributed by atoms with E-state index in [4.69, 9.17) is 4.74 Å². The van der Waals surface area contributed by atoms with Crippen LogP contribution in [0.4, 0.5) is 0 Å². The Balaban J connectivity index is 1.81. The first-order chi connectivity index (χ1) is 11.6. The molecule has 0 unspecified atom stereocenters. The Kier molecular flexibility index (Phi) is 4.89. The smallest absolute Gasteiger partial charge is 0.249 e. The zero-order valence-electron chi connectivity index (χ0n) is 14.3. The number of nitrogens with zero attached hydrogens (tertiary/aromatic N) is 5. The predicted octanol–water partition coefficient (Wildman–Crippen LogP) is 2.23. The van der Waals surface area contributed by atoms with Gasteiger partial charge in [0.05, 0.1) is 29.8 Å². The molecule has 24 heavy (non-hydrogen) atoms. The van der Waals surface area contributed by atoms with Crippen LogP contribution in [-0.2, 0) is 9.53 Å². The third kappa shape index (κ3) is 3.17. The normalized spacial score (nSPS) is 17.7. The van der Waals surface area contributed by atoms with Crippen molar-refractivity contribution in [3.05, 3.63) is 30.4 Å². The Bertz CT molecular complexity index is 695. The topological polar surface area (TPSA) is 73.1 Å². The second-order valence-corrected chi connectivity index (χ2v) is 6.26. The highest BCUT2D eigenvalue weighted by molar-refractivity contribution is 5.78. The fourth-order valence-electron chi connectivity index (χ4n) is 3.15. The average molecular weight is 329 g/mol. The Labute approximate surface area is 141 Å². The molecule has 0 N–H and O–H groups in total. The van der Waals surface area contributed by atoms with Gasteiger partial charge in [0.25, 0.3) is 0 Å². The number of carbonyl (C=O) groups excluding carboxylic acids is 1. The van der Waals surface area contributed by atoms with Crippen molar-refractivity contribution < 1.29 is 9.53 Å². The Morgan fingerprint density at radius 2 is 2.21 bits per heavy atom. The first-order valence-electron chi connectivity index (χ1n) is 8.26. The average Bonchev–Trinajstić information content (AvgIpc) is 3.24. The second kappa shape index (κ2) is 7.09. The van der Waals surface area contributed by atoms with Crippen molar-refractivity contribution in [1.29, 1.82) is 0 Å².